The predicted octanol–water partition coefficient (Wildman–Crippen LogP) is 4.47. The molecule has 2 rings (SSSR count). The van der Waals surface area contributed by atoms with Crippen molar-refractivity contribution >= 4 is 44.9 Å². The molecule has 1 aromatic carbocycles. The molecule has 1 heterocycles. The molecule has 2 aromatic rings. The van der Waals surface area contributed by atoms with Gasteiger partial charge in [-0.05, 0) is 19.1 Å². The van der Waals surface area contributed by atoms with Gasteiger partial charge in [0.05, 0.1) is 11.8 Å². The van der Waals surface area contributed by atoms with E-state index in [0.717, 1.165) is 21.6 Å². The van der Waals surface area contributed by atoms with Crippen LogP contribution in [-0.2, 0) is 6.54 Å². The summed E-state index contributed by atoms with van der Waals surface area (Å²) in [5, 5.41) is 0.533. The quantitative estimate of drug-likeness (QED) is 0.584. The fourth-order valence-electron chi connectivity index (χ4n) is 1.51. The molecule has 0 radical (unpaired) electrons. The molecular formula is C10H8ClF3NS2+. The third-order valence-corrected chi connectivity index (χ3v) is 4.45. The minimum Gasteiger partial charge on any atom is -0.176 e. The molecule has 0 bridgehead atoms. The Morgan fingerprint density at radius 3 is 2.71 bits per heavy atom. The normalized spacial score (nSPS) is 12.3. The number of benzene rings is 1. The maximum absolute atomic E-state index is 12.4. The van der Waals surface area contributed by atoms with E-state index in [1.807, 2.05) is 6.92 Å². The summed E-state index contributed by atoms with van der Waals surface area (Å²) in [6, 6.07) is 5.12. The molecule has 0 amide bonds. The molecular weight excluding hydrogens is 291 g/mol. The largest absolute Gasteiger partial charge is 0.452 e. The standard InChI is InChI=1S/C10H8ClF3NS2/c1-2-15-7-4-3-6(11)5-8(7)16-9(15)17-10(12,13)14/h3-5H,2H2,1H3/q+1. The molecule has 0 unspecified atom stereocenters. The van der Waals surface area contributed by atoms with Crippen LogP contribution in [-0.4, -0.2) is 5.51 Å². The molecule has 0 aliphatic heterocycles. The van der Waals surface area contributed by atoms with Crippen molar-refractivity contribution in [2.75, 3.05) is 0 Å². The van der Waals surface area contributed by atoms with Crippen LogP contribution in [0.15, 0.2) is 22.5 Å². The summed E-state index contributed by atoms with van der Waals surface area (Å²) in [6.07, 6.45) is 0. The van der Waals surface area contributed by atoms with E-state index in [1.165, 1.54) is 0 Å². The van der Waals surface area contributed by atoms with Crippen molar-refractivity contribution in [2.24, 2.45) is 0 Å². The van der Waals surface area contributed by atoms with Crippen molar-refractivity contribution in [3.8, 4) is 0 Å². The van der Waals surface area contributed by atoms with Crippen LogP contribution in [0.1, 0.15) is 6.92 Å². The number of rotatable bonds is 2. The minimum absolute atomic E-state index is 0.0781. The van der Waals surface area contributed by atoms with E-state index < -0.39 is 5.51 Å². The maximum Gasteiger partial charge on any atom is 0.452 e. The highest BCUT2D eigenvalue weighted by Crippen LogP contribution is 2.39. The lowest BCUT2D eigenvalue weighted by Crippen LogP contribution is -2.33. The fraction of sp³-hybridized carbons (Fsp3) is 0.300. The number of alkyl halides is 3. The lowest BCUT2D eigenvalue weighted by molar-refractivity contribution is -0.698. The minimum atomic E-state index is -4.26. The van der Waals surface area contributed by atoms with Crippen LogP contribution in [0, 0.1) is 0 Å². The average molecular weight is 299 g/mol. The molecule has 0 saturated carbocycles. The first-order valence-electron chi connectivity index (χ1n) is 4.78. The zero-order chi connectivity index (χ0) is 12.6. The molecule has 0 aliphatic rings. The second kappa shape index (κ2) is 4.66. The number of thiazole rings is 1. The number of aromatic nitrogens is 1. The maximum atomic E-state index is 12.4. The molecule has 0 fully saturated rings. The summed E-state index contributed by atoms with van der Waals surface area (Å²) in [4.78, 5) is 0. The molecule has 1 aromatic heterocycles. The zero-order valence-corrected chi connectivity index (χ0v) is 11.1. The molecule has 92 valence electrons. The molecule has 0 N–H and O–H groups in total. The van der Waals surface area contributed by atoms with E-state index in [0.29, 0.717) is 11.6 Å². The second-order valence-corrected chi connectivity index (χ2v) is 6.05. The van der Waals surface area contributed by atoms with Crippen molar-refractivity contribution in [1.29, 1.82) is 0 Å². The molecule has 1 nitrogen and oxygen atoms in total. The van der Waals surface area contributed by atoms with Crippen molar-refractivity contribution < 1.29 is 17.7 Å². The first-order chi connectivity index (χ1) is 7.90. The summed E-state index contributed by atoms with van der Waals surface area (Å²) in [6.45, 7) is 2.32. The Labute approximate surface area is 109 Å². The van der Waals surface area contributed by atoms with E-state index in [4.69, 9.17) is 11.6 Å². The van der Waals surface area contributed by atoms with E-state index in [-0.39, 0.29) is 16.1 Å². The first kappa shape index (κ1) is 13.0. The van der Waals surface area contributed by atoms with Gasteiger partial charge in [-0.15, -0.1) is 0 Å². The van der Waals surface area contributed by atoms with Gasteiger partial charge in [-0.1, -0.05) is 22.9 Å². The van der Waals surface area contributed by atoms with E-state index in [2.05, 4.69) is 0 Å². The monoisotopic (exact) mass is 298 g/mol. The number of fused-ring (bicyclic) bond motifs is 1. The summed E-state index contributed by atoms with van der Waals surface area (Å²) < 4.78 is 39.8. The van der Waals surface area contributed by atoms with Gasteiger partial charge in [0.2, 0.25) is 5.52 Å². The second-order valence-electron chi connectivity index (χ2n) is 3.27. The Morgan fingerprint density at radius 2 is 2.12 bits per heavy atom. The first-order valence-corrected chi connectivity index (χ1v) is 6.79. The molecule has 0 spiro atoms. The lowest BCUT2D eigenvalue weighted by Gasteiger charge is -2.00. The van der Waals surface area contributed by atoms with Gasteiger partial charge in [0.1, 0.15) is 11.2 Å². The number of thioether (sulfide) groups is 1. The van der Waals surface area contributed by atoms with Gasteiger partial charge in [0.15, 0.2) is 0 Å². The Balaban J connectivity index is 2.55. The van der Waals surface area contributed by atoms with Crippen molar-refractivity contribution in [3.63, 3.8) is 0 Å². The number of halogens is 4. The van der Waals surface area contributed by atoms with Crippen LogP contribution in [0.25, 0.3) is 10.2 Å². The van der Waals surface area contributed by atoms with Crippen LogP contribution in [0.4, 0.5) is 13.2 Å². The van der Waals surface area contributed by atoms with Gasteiger partial charge in [-0.25, -0.2) is 0 Å². The Morgan fingerprint density at radius 1 is 1.41 bits per heavy atom. The van der Waals surface area contributed by atoms with Gasteiger partial charge >= 0.3 is 9.85 Å². The van der Waals surface area contributed by atoms with Crippen LogP contribution in [0.2, 0.25) is 5.02 Å². The van der Waals surface area contributed by atoms with Crippen molar-refractivity contribution in [1.82, 2.24) is 0 Å². The van der Waals surface area contributed by atoms with Gasteiger partial charge in [0, 0.05) is 11.1 Å². The zero-order valence-electron chi connectivity index (χ0n) is 8.71. The fourth-order valence-corrected chi connectivity index (χ4v) is 4.00. The van der Waals surface area contributed by atoms with Crippen molar-refractivity contribution in [3.05, 3.63) is 23.2 Å². The van der Waals surface area contributed by atoms with Crippen LogP contribution >= 0.6 is 34.7 Å². The highest BCUT2D eigenvalue weighted by atomic mass is 35.5. The van der Waals surface area contributed by atoms with Crippen LogP contribution in [0.3, 0.4) is 0 Å². The van der Waals surface area contributed by atoms with Crippen molar-refractivity contribution in [2.45, 2.75) is 23.3 Å². The summed E-state index contributed by atoms with van der Waals surface area (Å²) in [5.41, 5.74) is -3.48. The van der Waals surface area contributed by atoms with E-state index >= 15 is 0 Å². The third kappa shape index (κ3) is 2.86. The molecule has 0 atom stereocenters. The smallest absolute Gasteiger partial charge is 0.176 e. The molecule has 17 heavy (non-hydrogen) atoms. The Hall–Kier alpha value is -0.460. The van der Waals surface area contributed by atoms with Gasteiger partial charge in [-0.2, -0.15) is 17.7 Å². The highest BCUT2D eigenvalue weighted by molar-refractivity contribution is 8.01. The number of hydrogen-bond acceptors (Lipinski definition) is 2. The highest BCUT2D eigenvalue weighted by Gasteiger charge is 2.36. The number of hydrogen-bond donors (Lipinski definition) is 0. The van der Waals surface area contributed by atoms with Crippen LogP contribution in [0.5, 0.6) is 0 Å². The SMILES string of the molecule is CC[n+]1c(SC(F)(F)F)sc2cc(Cl)ccc21. The van der Waals surface area contributed by atoms with Gasteiger partial charge in [-0.3, -0.25) is 0 Å². The van der Waals surface area contributed by atoms with E-state index in [9.17, 15) is 13.2 Å². The number of aryl methyl sites for hydroxylation is 1. The summed E-state index contributed by atoms with van der Waals surface area (Å²) in [7, 11) is 0. The lowest BCUT2D eigenvalue weighted by atomic mass is 10.3. The molecule has 0 aliphatic carbocycles. The predicted molar refractivity (Wildman–Crippen MR) is 64.6 cm³/mol. The Bertz CT molecular complexity index is 550. The topological polar surface area (TPSA) is 3.88 Å². The molecule has 7 heteroatoms. The third-order valence-electron chi connectivity index (χ3n) is 2.15. The Kier molecular flexibility index (Phi) is 3.56. The summed E-state index contributed by atoms with van der Waals surface area (Å²) in [5.74, 6) is 0. The van der Waals surface area contributed by atoms with Gasteiger partial charge in [0.25, 0.3) is 0 Å². The van der Waals surface area contributed by atoms with E-state index in [1.54, 1.807) is 22.8 Å². The summed E-state index contributed by atoms with van der Waals surface area (Å²) >= 11 is 6.86. The number of nitrogens with zero attached hydrogens (tertiary/aromatic N) is 1. The average Bonchev–Trinajstić information content (AvgIpc) is 2.51. The molecule has 0 saturated heterocycles. The van der Waals surface area contributed by atoms with Gasteiger partial charge < -0.3 is 0 Å². The van der Waals surface area contributed by atoms with Crippen LogP contribution < -0.4 is 4.57 Å².